The number of nitro groups is 1. The summed E-state index contributed by atoms with van der Waals surface area (Å²) in [5.41, 5.74) is 2.00. The van der Waals surface area contributed by atoms with Crippen LogP contribution >= 0.6 is 0 Å². The van der Waals surface area contributed by atoms with Gasteiger partial charge in [-0.2, -0.15) is 0 Å². The molecule has 0 radical (unpaired) electrons. The van der Waals surface area contributed by atoms with Crippen LogP contribution in [0.5, 0.6) is 0 Å². The molecular formula is C19H17N3O5. The van der Waals surface area contributed by atoms with E-state index in [1.54, 1.807) is 31.2 Å². The number of anilines is 1. The van der Waals surface area contributed by atoms with Crippen LogP contribution in [0, 0.1) is 17.0 Å². The van der Waals surface area contributed by atoms with E-state index < -0.39 is 4.92 Å². The number of hydrogen-bond acceptors (Lipinski definition) is 5. The molecule has 0 aliphatic carbocycles. The third kappa shape index (κ3) is 4.00. The number of benzene rings is 2. The lowest BCUT2D eigenvalue weighted by molar-refractivity contribution is -0.385. The Labute approximate surface area is 154 Å². The highest BCUT2D eigenvalue weighted by Crippen LogP contribution is 2.21. The number of aryl methyl sites for hydroxylation is 1. The number of carbonyl (C=O) groups is 3. The van der Waals surface area contributed by atoms with Crippen LogP contribution in [0.3, 0.4) is 0 Å². The van der Waals surface area contributed by atoms with Gasteiger partial charge < -0.3 is 5.32 Å². The Morgan fingerprint density at radius 2 is 1.74 bits per heavy atom. The van der Waals surface area contributed by atoms with E-state index in [1.165, 1.54) is 23.1 Å². The SMILES string of the molecule is Cc1cc(C(=O)Nc2ccc(CN3C(=O)CCC3=O)cc2)ccc1[N+](=O)[O-]. The van der Waals surface area contributed by atoms with Crippen molar-refractivity contribution in [3.63, 3.8) is 0 Å². The maximum Gasteiger partial charge on any atom is 0.272 e. The zero-order chi connectivity index (χ0) is 19.6. The van der Waals surface area contributed by atoms with E-state index in [-0.39, 0.29) is 42.8 Å². The van der Waals surface area contributed by atoms with Crippen LogP contribution in [0.2, 0.25) is 0 Å². The smallest absolute Gasteiger partial charge is 0.272 e. The normalized spacial score (nSPS) is 13.7. The van der Waals surface area contributed by atoms with Gasteiger partial charge in [0.25, 0.3) is 11.6 Å². The summed E-state index contributed by atoms with van der Waals surface area (Å²) >= 11 is 0. The number of amides is 3. The number of nitrogens with zero attached hydrogens (tertiary/aromatic N) is 2. The number of rotatable bonds is 5. The first-order valence-electron chi connectivity index (χ1n) is 8.33. The number of nitro benzene ring substituents is 1. The van der Waals surface area contributed by atoms with Gasteiger partial charge in [0.05, 0.1) is 11.5 Å². The molecule has 0 unspecified atom stereocenters. The number of hydrogen-bond donors (Lipinski definition) is 1. The molecule has 8 heteroatoms. The number of nitrogens with one attached hydrogen (secondary N) is 1. The van der Waals surface area contributed by atoms with Gasteiger partial charge in [-0.15, -0.1) is 0 Å². The predicted octanol–water partition coefficient (Wildman–Crippen LogP) is 2.80. The highest BCUT2D eigenvalue weighted by Gasteiger charge is 2.28. The van der Waals surface area contributed by atoms with Crippen LogP contribution in [0.4, 0.5) is 11.4 Å². The van der Waals surface area contributed by atoms with Gasteiger partial charge in [-0.1, -0.05) is 12.1 Å². The third-order valence-corrected chi connectivity index (χ3v) is 4.36. The Morgan fingerprint density at radius 3 is 2.30 bits per heavy atom. The lowest BCUT2D eigenvalue weighted by Gasteiger charge is -2.14. The second-order valence-electron chi connectivity index (χ2n) is 6.28. The maximum atomic E-state index is 12.3. The molecule has 3 rings (SSSR count). The largest absolute Gasteiger partial charge is 0.322 e. The monoisotopic (exact) mass is 367 g/mol. The molecule has 2 aromatic rings. The zero-order valence-electron chi connectivity index (χ0n) is 14.6. The fraction of sp³-hybridized carbons (Fsp3) is 0.211. The summed E-state index contributed by atoms with van der Waals surface area (Å²) in [6.07, 6.45) is 0.503. The molecule has 0 spiro atoms. The summed E-state index contributed by atoms with van der Waals surface area (Å²) in [5.74, 6) is -0.734. The predicted molar refractivity (Wildman–Crippen MR) is 97.0 cm³/mol. The van der Waals surface area contributed by atoms with Crippen molar-refractivity contribution in [2.75, 3.05) is 5.32 Å². The molecule has 1 saturated heterocycles. The lowest BCUT2D eigenvalue weighted by Crippen LogP contribution is -2.28. The minimum absolute atomic E-state index is 0.0399. The molecular weight excluding hydrogens is 350 g/mol. The van der Waals surface area contributed by atoms with E-state index in [4.69, 9.17) is 0 Å². The molecule has 1 N–H and O–H groups in total. The highest BCUT2D eigenvalue weighted by atomic mass is 16.6. The average molecular weight is 367 g/mol. The Balaban J connectivity index is 1.66. The van der Waals surface area contributed by atoms with Gasteiger partial charge in [0.2, 0.25) is 11.8 Å². The van der Waals surface area contributed by atoms with Crippen molar-refractivity contribution in [2.45, 2.75) is 26.3 Å². The Kier molecular flexibility index (Phi) is 4.98. The van der Waals surface area contributed by atoms with Crippen LogP contribution in [0.25, 0.3) is 0 Å². The van der Waals surface area contributed by atoms with Crippen molar-refractivity contribution < 1.29 is 19.3 Å². The van der Waals surface area contributed by atoms with E-state index in [1.807, 2.05) is 0 Å². The fourth-order valence-electron chi connectivity index (χ4n) is 2.88. The van der Waals surface area contributed by atoms with E-state index in [0.29, 0.717) is 16.8 Å². The van der Waals surface area contributed by atoms with Crippen molar-refractivity contribution >= 4 is 29.1 Å². The summed E-state index contributed by atoms with van der Waals surface area (Å²) < 4.78 is 0. The second kappa shape index (κ2) is 7.36. The van der Waals surface area contributed by atoms with Crippen LogP contribution in [-0.2, 0) is 16.1 Å². The van der Waals surface area contributed by atoms with Gasteiger partial charge in [-0.05, 0) is 36.8 Å². The molecule has 27 heavy (non-hydrogen) atoms. The number of carbonyl (C=O) groups excluding carboxylic acids is 3. The Bertz CT molecular complexity index is 921. The van der Waals surface area contributed by atoms with Crippen molar-refractivity contribution in [3.8, 4) is 0 Å². The molecule has 2 aromatic carbocycles. The van der Waals surface area contributed by atoms with Gasteiger partial charge in [0, 0.05) is 35.7 Å². The van der Waals surface area contributed by atoms with Crippen molar-refractivity contribution in [3.05, 3.63) is 69.3 Å². The van der Waals surface area contributed by atoms with Crippen molar-refractivity contribution in [2.24, 2.45) is 0 Å². The van der Waals surface area contributed by atoms with Crippen LogP contribution in [-0.4, -0.2) is 27.5 Å². The number of likely N-dealkylation sites (tertiary alicyclic amines) is 1. The van der Waals surface area contributed by atoms with E-state index in [9.17, 15) is 24.5 Å². The van der Waals surface area contributed by atoms with Crippen LogP contribution < -0.4 is 5.32 Å². The van der Waals surface area contributed by atoms with E-state index >= 15 is 0 Å². The van der Waals surface area contributed by atoms with Crippen molar-refractivity contribution in [1.82, 2.24) is 4.90 Å². The summed E-state index contributed by atoms with van der Waals surface area (Å²) in [4.78, 5) is 47.2. The molecule has 1 heterocycles. The van der Waals surface area contributed by atoms with Gasteiger partial charge in [-0.25, -0.2) is 0 Å². The fourth-order valence-corrected chi connectivity index (χ4v) is 2.88. The van der Waals surface area contributed by atoms with Gasteiger partial charge in [0.15, 0.2) is 0 Å². The first-order valence-corrected chi connectivity index (χ1v) is 8.33. The lowest BCUT2D eigenvalue weighted by atomic mass is 10.1. The second-order valence-corrected chi connectivity index (χ2v) is 6.28. The number of imide groups is 1. The molecule has 0 saturated carbocycles. The van der Waals surface area contributed by atoms with Gasteiger partial charge in [-0.3, -0.25) is 29.4 Å². The van der Waals surface area contributed by atoms with Crippen LogP contribution in [0.15, 0.2) is 42.5 Å². The molecule has 8 nitrogen and oxygen atoms in total. The highest BCUT2D eigenvalue weighted by molar-refractivity contribution is 6.04. The van der Waals surface area contributed by atoms with E-state index in [0.717, 1.165) is 5.56 Å². The topological polar surface area (TPSA) is 110 Å². The summed E-state index contributed by atoms with van der Waals surface area (Å²) in [7, 11) is 0. The standard InChI is InChI=1S/C19H17N3O5/c1-12-10-14(4-7-16(12)22(26)27)19(25)20-15-5-2-13(3-6-15)11-21-17(23)8-9-18(21)24/h2-7,10H,8-9,11H2,1H3,(H,20,25). The molecule has 3 amide bonds. The Morgan fingerprint density at radius 1 is 1.11 bits per heavy atom. The maximum absolute atomic E-state index is 12.3. The molecule has 0 atom stereocenters. The van der Waals surface area contributed by atoms with Crippen molar-refractivity contribution in [1.29, 1.82) is 0 Å². The molecule has 0 bridgehead atoms. The molecule has 1 aliphatic heterocycles. The molecule has 1 fully saturated rings. The molecule has 138 valence electrons. The first-order chi connectivity index (χ1) is 12.8. The average Bonchev–Trinajstić information content (AvgIpc) is 2.94. The minimum Gasteiger partial charge on any atom is -0.322 e. The van der Waals surface area contributed by atoms with Gasteiger partial charge in [0.1, 0.15) is 0 Å². The zero-order valence-corrected chi connectivity index (χ0v) is 14.6. The first kappa shape index (κ1) is 18.2. The summed E-state index contributed by atoms with van der Waals surface area (Å²) in [6, 6.07) is 11.0. The summed E-state index contributed by atoms with van der Waals surface area (Å²) in [6.45, 7) is 1.79. The van der Waals surface area contributed by atoms with E-state index in [2.05, 4.69) is 5.32 Å². The molecule has 0 aromatic heterocycles. The Hall–Kier alpha value is -3.55. The van der Waals surface area contributed by atoms with Gasteiger partial charge >= 0.3 is 0 Å². The minimum atomic E-state index is -0.494. The van der Waals surface area contributed by atoms with Crippen LogP contribution in [0.1, 0.15) is 34.3 Å². The third-order valence-electron chi connectivity index (χ3n) is 4.36. The summed E-state index contributed by atoms with van der Waals surface area (Å²) in [5, 5.41) is 13.6. The molecule has 1 aliphatic rings. The quantitative estimate of drug-likeness (QED) is 0.496.